The minimum absolute atomic E-state index is 0.371. The molecule has 2 heteroatoms. The van der Waals surface area contributed by atoms with E-state index in [1.54, 1.807) is 0 Å². The van der Waals surface area contributed by atoms with Crippen molar-refractivity contribution in [1.29, 1.82) is 0 Å². The predicted molar refractivity (Wildman–Crippen MR) is 67.4 cm³/mol. The molecule has 0 saturated heterocycles. The molecule has 3 atom stereocenters. The average molecular weight is 223 g/mol. The minimum atomic E-state index is 0.371. The van der Waals surface area contributed by atoms with E-state index in [0.717, 1.165) is 37.3 Å². The van der Waals surface area contributed by atoms with Gasteiger partial charge in [-0.1, -0.05) is 12.2 Å². The third kappa shape index (κ3) is 3.33. The minimum Gasteiger partial charge on any atom is -0.379 e. The number of fused-ring (bicyclic) bond motifs is 2. The third-order valence-electron chi connectivity index (χ3n) is 3.77. The molecular weight excluding hydrogens is 198 g/mol. The molecule has 92 valence electrons. The van der Waals surface area contributed by atoms with E-state index < -0.39 is 0 Å². The molecule has 0 aromatic carbocycles. The largest absolute Gasteiger partial charge is 0.379 e. The van der Waals surface area contributed by atoms with E-state index >= 15 is 0 Å². The van der Waals surface area contributed by atoms with Gasteiger partial charge in [-0.2, -0.15) is 0 Å². The molecule has 2 nitrogen and oxygen atoms in total. The molecule has 2 bridgehead atoms. The maximum atomic E-state index is 5.51. The van der Waals surface area contributed by atoms with Gasteiger partial charge in [0.15, 0.2) is 0 Å². The smallest absolute Gasteiger partial charge is 0.0518 e. The highest BCUT2D eigenvalue weighted by Crippen LogP contribution is 2.42. The van der Waals surface area contributed by atoms with Gasteiger partial charge >= 0.3 is 0 Å². The quantitative estimate of drug-likeness (QED) is 0.529. The van der Waals surface area contributed by atoms with Crippen molar-refractivity contribution in [2.75, 3.05) is 19.7 Å². The van der Waals surface area contributed by atoms with Gasteiger partial charge < -0.3 is 10.1 Å². The van der Waals surface area contributed by atoms with E-state index in [4.69, 9.17) is 4.74 Å². The Kier molecular flexibility index (Phi) is 4.42. The van der Waals surface area contributed by atoms with Crippen molar-refractivity contribution in [3.05, 3.63) is 12.2 Å². The number of allylic oxidation sites excluding steroid dienone is 2. The maximum Gasteiger partial charge on any atom is 0.0518 e. The highest BCUT2D eigenvalue weighted by atomic mass is 16.5. The summed E-state index contributed by atoms with van der Waals surface area (Å²) in [7, 11) is 0. The molecule has 0 aliphatic heterocycles. The van der Waals surface area contributed by atoms with E-state index in [1.165, 1.54) is 19.4 Å². The van der Waals surface area contributed by atoms with Crippen LogP contribution in [0, 0.1) is 17.8 Å². The van der Waals surface area contributed by atoms with Crippen LogP contribution in [0.3, 0.4) is 0 Å². The lowest BCUT2D eigenvalue weighted by atomic mass is 9.94. The zero-order valence-corrected chi connectivity index (χ0v) is 10.6. The van der Waals surface area contributed by atoms with Crippen molar-refractivity contribution in [3.8, 4) is 0 Å². The Bertz CT molecular complexity index is 237. The van der Waals surface area contributed by atoms with Crippen LogP contribution in [-0.2, 0) is 4.74 Å². The summed E-state index contributed by atoms with van der Waals surface area (Å²) in [6.45, 7) is 7.38. The van der Waals surface area contributed by atoms with Crippen LogP contribution in [0.5, 0.6) is 0 Å². The second-order valence-electron chi connectivity index (χ2n) is 5.52. The van der Waals surface area contributed by atoms with Gasteiger partial charge in [-0.05, 0) is 64.0 Å². The summed E-state index contributed by atoms with van der Waals surface area (Å²) in [5.41, 5.74) is 0. The van der Waals surface area contributed by atoms with Crippen molar-refractivity contribution in [2.45, 2.75) is 39.2 Å². The summed E-state index contributed by atoms with van der Waals surface area (Å²) in [6, 6.07) is 0. The van der Waals surface area contributed by atoms with Gasteiger partial charge in [0.1, 0.15) is 0 Å². The molecule has 1 saturated carbocycles. The fourth-order valence-corrected chi connectivity index (χ4v) is 2.93. The van der Waals surface area contributed by atoms with Crippen LogP contribution >= 0.6 is 0 Å². The van der Waals surface area contributed by atoms with Crippen molar-refractivity contribution in [3.63, 3.8) is 0 Å². The lowest BCUT2D eigenvalue weighted by Gasteiger charge is -2.18. The van der Waals surface area contributed by atoms with Gasteiger partial charge in [0.05, 0.1) is 6.10 Å². The summed E-state index contributed by atoms with van der Waals surface area (Å²) < 4.78 is 5.51. The molecular formula is C14H25NO. The molecule has 0 heterocycles. The monoisotopic (exact) mass is 223 g/mol. The van der Waals surface area contributed by atoms with Gasteiger partial charge in [-0.15, -0.1) is 0 Å². The Labute approximate surface area is 99.4 Å². The first-order valence-corrected chi connectivity index (χ1v) is 6.76. The molecule has 2 aliphatic rings. The number of hydrogen-bond acceptors (Lipinski definition) is 2. The highest BCUT2D eigenvalue weighted by molar-refractivity contribution is 5.10. The first-order chi connectivity index (χ1) is 7.75. The molecule has 3 unspecified atom stereocenters. The summed E-state index contributed by atoms with van der Waals surface area (Å²) >= 11 is 0. The van der Waals surface area contributed by atoms with Gasteiger partial charge in [0.25, 0.3) is 0 Å². The van der Waals surface area contributed by atoms with Gasteiger partial charge in [-0.25, -0.2) is 0 Å². The van der Waals surface area contributed by atoms with Crippen molar-refractivity contribution in [2.24, 2.45) is 17.8 Å². The van der Waals surface area contributed by atoms with Crippen LogP contribution in [0.1, 0.15) is 33.1 Å². The van der Waals surface area contributed by atoms with E-state index in [2.05, 4.69) is 31.3 Å². The van der Waals surface area contributed by atoms with Crippen LogP contribution in [-0.4, -0.2) is 25.8 Å². The molecule has 1 N–H and O–H groups in total. The van der Waals surface area contributed by atoms with E-state index in [1.807, 2.05) is 0 Å². The van der Waals surface area contributed by atoms with Gasteiger partial charge in [0, 0.05) is 6.61 Å². The number of ether oxygens (including phenoxy) is 1. The average Bonchev–Trinajstić information content (AvgIpc) is 2.84. The Hall–Kier alpha value is -0.340. The molecule has 16 heavy (non-hydrogen) atoms. The third-order valence-corrected chi connectivity index (χ3v) is 3.77. The first kappa shape index (κ1) is 12.1. The van der Waals surface area contributed by atoms with E-state index in [0.29, 0.717) is 6.10 Å². The van der Waals surface area contributed by atoms with Crippen LogP contribution in [0.4, 0.5) is 0 Å². The van der Waals surface area contributed by atoms with E-state index in [9.17, 15) is 0 Å². The number of rotatable bonds is 7. The van der Waals surface area contributed by atoms with E-state index in [-0.39, 0.29) is 0 Å². The van der Waals surface area contributed by atoms with Crippen molar-refractivity contribution in [1.82, 2.24) is 5.32 Å². The summed E-state index contributed by atoms with van der Waals surface area (Å²) in [4.78, 5) is 0. The normalized spacial score (nSPS) is 31.8. The highest BCUT2D eigenvalue weighted by Gasteiger charge is 2.34. The molecule has 0 spiro atoms. The predicted octanol–water partition coefficient (Wildman–Crippen LogP) is 2.60. The Morgan fingerprint density at radius 2 is 2.19 bits per heavy atom. The number of hydrogen-bond donors (Lipinski definition) is 1. The molecule has 2 aliphatic carbocycles. The zero-order valence-electron chi connectivity index (χ0n) is 10.6. The molecule has 0 aromatic heterocycles. The Morgan fingerprint density at radius 3 is 2.81 bits per heavy atom. The Morgan fingerprint density at radius 1 is 1.31 bits per heavy atom. The molecule has 0 aromatic rings. The fourth-order valence-electron chi connectivity index (χ4n) is 2.93. The van der Waals surface area contributed by atoms with Crippen LogP contribution in [0.25, 0.3) is 0 Å². The number of nitrogens with one attached hydrogen (secondary N) is 1. The maximum absolute atomic E-state index is 5.51. The topological polar surface area (TPSA) is 21.3 Å². The molecule has 2 rings (SSSR count). The fraction of sp³-hybridized carbons (Fsp3) is 0.857. The van der Waals surface area contributed by atoms with Crippen LogP contribution in [0.2, 0.25) is 0 Å². The lowest BCUT2D eigenvalue weighted by molar-refractivity contribution is 0.0769. The first-order valence-electron chi connectivity index (χ1n) is 6.76. The molecule has 0 radical (unpaired) electrons. The van der Waals surface area contributed by atoms with Crippen LogP contribution in [0.15, 0.2) is 12.2 Å². The second kappa shape index (κ2) is 5.83. The summed E-state index contributed by atoms with van der Waals surface area (Å²) in [5, 5.41) is 3.57. The summed E-state index contributed by atoms with van der Waals surface area (Å²) in [6.07, 6.45) is 9.18. The van der Waals surface area contributed by atoms with Gasteiger partial charge in [-0.3, -0.25) is 0 Å². The molecule has 0 amide bonds. The Balaban J connectivity index is 1.48. The van der Waals surface area contributed by atoms with Crippen LogP contribution < -0.4 is 5.32 Å². The van der Waals surface area contributed by atoms with Gasteiger partial charge in [0.2, 0.25) is 0 Å². The SMILES string of the molecule is CC(C)OCCCNCC1CC2C=CC1C2. The zero-order chi connectivity index (χ0) is 11.4. The standard InChI is InChI=1S/C14H25NO/c1-11(2)16-7-3-6-15-10-14-9-12-4-5-13(14)8-12/h4-5,11-15H,3,6-10H2,1-2H3. The molecule has 1 fully saturated rings. The van der Waals surface area contributed by atoms with Crippen molar-refractivity contribution >= 4 is 0 Å². The summed E-state index contributed by atoms with van der Waals surface area (Å²) in [5.74, 6) is 2.69. The second-order valence-corrected chi connectivity index (χ2v) is 5.52. The van der Waals surface area contributed by atoms with Crippen molar-refractivity contribution < 1.29 is 4.74 Å². The lowest BCUT2D eigenvalue weighted by Crippen LogP contribution is -2.27.